The summed E-state index contributed by atoms with van der Waals surface area (Å²) in [5.74, 6) is 1.12. The molecule has 1 atom stereocenters. The summed E-state index contributed by atoms with van der Waals surface area (Å²) in [5, 5.41) is 8.70. The van der Waals surface area contributed by atoms with Crippen LogP contribution >= 0.6 is 23.4 Å². The van der Waals surface area contributed by atoms with Gasteiger partial charge in [-0.3, -0.25) is 5.32 Å². The monoisotopic (exact) mass is 315 g/mol. The molecule has 1 unspecified atom stereocenters. The number of piperazine rings is 1. The lowest BCUT2D eigenvalue weighted by Gasteiger charge is -2.42. The van der Waals surface area contributed by atoms with Crippen LogP contribution in [0.4, 0.5) is 0 Å². The van der Waals surface area contributed by atoms with E-state index in [0.29, 0.717) is 6.04 Å². The number of hydrogen-bond acceptors (Lipinski definition) is 6. The Labute approximate surface area is 129 Å². The Morgan fingerprint density at radius 2 is 2.05 bits per heavy atom. The first-order chi connectivity index (χ1) is 9.70. The molecule has 2 heterocycles. The lowest BCUT2D eigenvalue weighted by molar-refractivity contribution is 0.158. The molecule has 0 aromatic heterocycles. The van der Waals surface area contributed by atoms with Gasteiger partial charge in [0.15, 0.2) is 6.29 Å². The molecule has 0 bridgehead atoms. The van der Waals surface area contributed by atoms with Crippen molar-refractivity contribution in [1.82, 2.24) is 20.4 Å². The quantitative estimate of drug-likeness (QED) is 0.815. The third-order valence-corrected chi connectivity index (χ3v) is 5.05. The van der Waals surface area contributed by atoms with Gasteiger partial charge in [-0.25, -0.2) is 4.99 Å². The standard InChI is InChI=1S/C13H22ClN5S/c1-18-12(19-7-5-15-6-8-19)10(14)11(20-2)17-13(18)16-9-3-4-9/h9,13,15-16H,3-8H2,1-2H3. The molecule has 0 radical (unpaired) electrons. The second-order valence-corrected chi connectivity index (χ2v) is 6.61. The zero-order valence-electron chi connectivity index (χ0n) is 12.0. The molecule has 0 spiro atoms. The van der Waals surface area contributed by atoms with Crippen LogP contribution in [0, 0.1) is 0 Å². The van der Waals surface area contributed by atoms with E-state index in [4.69, 9.17) is 16.6 Å². The Morgan fingerprint density at radius 3 is 2.65 bits per heavy atom. The van der Waals surface area contributed by atoms with Crippen LogP contribution in [0.2, 0.25) is 0 Å². The third-order valence-electron chi connectivity index (χ3n) is 3.90. The van der Waals surface area contributed by atoms with Crippen LogP contribution < -0.4 is 10.6 Å². The van der Waals surface area contributed by atoms with Gasteiger partial charge in [0.05, 0.1) is 0 Å². The van der Waals surface area contributed by atoms with Crippen LogP contribution in [0.15, 0.2) is 15.8 Å². The summed E-state index contributed by atoms with van der Waals surface area (Å²) >= 11 is 8.22. The van der Waals surface area contributed by atoms with E-state index >= 15 is 0 Å². The van der Waals surface area contributed by atoms with Crippen molar-refractivity contribution in [2.24, 2.45) is 4.99 Å². The predicted octanol–water partition coefficient (Wildman–Crippen LogP) is 1.04. The van der Waals surface area contributed by atoms with Crippen LogP contribution in [0.5, 0.6) is 0 Å². The zero-order chi connectivity index (χ0) is 14.1. The highest BCUT2D eigenvalue weighted by Crippen LogP contribution is 2.31. The molecule has 3 rings (SSSR count). The van der Waals surface area contributed by atoms with Gasteiger partial charge in [-0.2, -0.15) is 0 Å². The van der Waals surface area contributed by atoms with Crippen LogP contribution in [-0.4, -0.2) is 66.7 Å². The van der Waals surface area contributed by atoms with Gasteiger partial charge in [0.25, 0.3) is 0 Å². The smallest absolute Gasteiger partial charge is 0.178 e. The molecular weight excluding hydrogens is 294 g/mol. The summed E-state index contributed by atoms with van der Waals surface area (Å²) < 4.78 is 0. The molecule has 0 aromatic rings. The first-order valence-electron chi connectivity index (χ1n) is 7.17. The van der Waals surface area contributed by atoms with Crippen LogP contribution in [0.3, 0.4) is 0 Å². The number of nitrogens with zero attached hydrogens (tertiary/aromatic N) is 3. The first kappa shape index (κ1) is 14.5. The molecule has 0 amide bonds. The maximum atomic E-state index is 6.59. The fourth-order valence-corrected chi connectivity index (χ4v) is 3.62. The van der Waals surface area contributed by atoms with E-state index in [2.05, 4.69) is 27.5 Å². The van der Waals surface area contributed by atoms with Gasteiger partial charge < -0.3 is 15.1 Å². The normalized spacial score (nSPS) is 27.9. The van der Waals surface area contributed by atoms with E-state index in [1.807, 2.05) is 6.26 Å². The van der Waals surface area contributed by atoms with Crippen LogP contribution in [-0.2, 0) is 0 Å². The molecule has 1 aliphatic carbocycles. The van der Waals surface area contributed by atoms with Crippen molar-refractivity contribution in [3.05, 3.63) is 10.9 Å². The number of halogens is 1. The van der Waals surface area contributed by atoms with Gasteiger partial charge in [0.1, 0.15) is 15.9 Å². The minimum atomic E-state index is 0.0114. The van der Waals surface area contributed by atoms with E-state index in [9.17, 15) is 0 Å². The lowest BCUT2D eigenvalue weighted by atomic mass is 10.3. The molecule has 1 saturated heterocycles. The predicted molar refractivity (Wildman–Crippen MR) is 86.0 cm³/mol. The summed E-state index contributed by atoms with van der Waals surface area (Å²) in [7, 11) is 2.08. The molecule has 2 aliphatic heterocycles. The van der Waals surface area contributed by atoms with Crippen molar-refractivity contribution in [2.75, 3.05) is 39.5 Å². The minimum Gasteiger partial charge on any atom is -0.354 e. The van der Waals surface area contributed by atoms with Gasteiger partial charge in [-0.1, -0.05) is 11.6 Å². The Hall–Kier alpha value is -0.430. The van der Waals surface area contributed by atoms with Crippen molar-refractivity contribution < 1.29 is 0 Å². The summed E-state index contributed by atoms with van der Waals surface area (Å²) in [4.78, 5) is 9.30. The van der Waals surface area contributed by atoms with Crippen LogP contribution in [0.25, 0.3) is 0 Å². The second-order valence-electron chi connectivity index (χ2n) is 5.44. The second kappa shape index (κ2) is 6.13. The van der Waals surface area contributed by atoms with Gasteiger partial charge >= 0.3 is 0 Å². The first-order valence-corrected chi connectivity index (χ1v) is 8.77. The molecule has 3 aliphatic rings. The number of rotatable bonds is 3. The Balaban J connectivity index is 1.84. The van der Waals surface area contributed by atoms with Crippen molar-refractivity contribution >= 4 is 28.4 Å². The SMILES string of the molecule is CSC1=NC(NC2CC2)N(C)C(N2CCNCC2)=C1Cl. The molecular formula is C13H22ClN5S. The number of aliphatic imine (C=N–C) groups is 1. The average Bonchev–Trinajstić information content (AvgIpc) is 3.27. The number of nitrogens with one attached hydrogen (secondary N) is 2. The van der Waals surface area contributed by atoms with Crippen molar-refractivity contribution in [3.63, 3.8) is 0 Å². The van der Waals surface area contributed by atoms with Gasteiger partial charge in [-0.15, -0.1) is 11.8 Å². The largest absolute Gasteiger partial charge is 0.354 e. The molecule has 1 saturated carbocycles. The fourth-order valence-electron chi connectivity index (χ4n) is 2.61. The lowest BCUT2D eigenvalue weighted by Crippen LogP contribution is -2.53. The minimum absolute atomic E-state index is 0.0114. The van der Waals surface area contributed by atoms with Gasteiger partial charge in [0, 0.05) is 39.3 Å². The van der Waals surface area contributed by atoms with E-state index < -0.39 is 0 Å². The molecule has 7 heteroatoms. The fraction of sp³-hybridized carbons (Fsp3) is 0.769. The van der Waals surface area contributed by atoms with Gasteiger partial charge in [0.2, 0.25) is 0 Å². The highest BCUT2D eigenvalue weighted by atomic mass is 35.5. The Morgan fingerprint density at radius 1 is 1.35 bits per heavy atom. The summed E-state index contributed by atoms with van der Waals surface area (Å²) in [6.07, 6.45) is 4.57. The maximum absolute atomic E-state index is 6.59. The van der Waals surface area contributed by atoms with Crippen LogP contribution in [0.1, 0.15) is 12.8 Å². The van der Waals surface area contributed by atoms with Crippen molar-refractivity contribution in [3.8, 4) is 0 Å². The summed E-state index contributed by atoms with van der Waals surface area (Å²) in [6.45, 7) is 4.00. The molecule has 112 valence electrons. The molecule has 5 nitrogen and oxygen atoms in total. The van der Waals surface area contributed by atoms with E-state index in [-0.39, 0.29) is 6.29 Å². The molecule has 2 N–H and O–H groups in total. The van der Waals surface area contributed by atoms with Gasteiger partial charge in [-0.05, 0) is 19.1 Å². The number of hydrogen-bond donors (Lipinski definition) is 2. The third kappa shape index (κ3) is 2.93. The van der Waals surface area contributed by atoms with E-state index in [1.54, 1.807) is 11.8 Å². The topological polar surface area (TPSA) is 42.9 Å². The zero-order valence-corrected chi connectivity index (χ0v) is 13.6. The maximum Gasteiger partial charge on any atom is 0.178 e. The number of thioether (sulfide) groups is 1. The highest BCUT2D eigenvalue weighted by molar-refractivity contribution is 8.14. The Kier molecular flexibility index (Phi) is 4.45. The molecule has 0 aromatic carbocycles. The highest BCUT2D eigenvalue weighted by Gasteiger charge is 2.34. The molecule has 20 heavy (non-hydrogen) atoms. The summed E-state index contributed by atoms with van der Waals surface area (Å²) in [5.41, 5.74) is 0. The van der Waals surface area contributed by atoms with Crippen molar-refractivity contribution in [2.45, 2.75) is 25.2 Å². The van der Waals surface area contributed by atoms with E-state index in [0.717, 1.165) is 42.1 Å². The Bertz CT molecular complexity index is 428. The van der Waals surface area contributed by atoms with Crippen molar-refractivity contribution in [1.29, 1.82) is 0 Å². The molecule has 2 fully saturated rings. The van der Waals surface area contributed by atoms with E-state index in [1.165, 1.54) is 12.8 Å². The average molecular weight is 316 g/mol. The summed E-state index contributed by atoms with van der Waals surface area (Å²) in [6, 6.07) is 0.621.